The van der Waals surface area contributed by atoms with E-state index in [2.05, 4.69) is 4.98 Å². The number of nitrogens with zero attached hydrogens (tertiary/aromatic N) is 2. The first-order chi connectivity index (χ1) is 7.68. The molecule has 2 rings (SSSR count). The Morgan fingerprint density at radius 2 is 2.25 bits per heavy atom. The van der Waals surface area contributed by atoms with Crippen molar-refractivity contribution in [1.29, 1.82) is 0 Å². The molecule has 1 aliphatic rings. The van der Waals surface area contributed by atoms with Crippen LogP contribution in [-0.4, -0.2) is 9.91 Å². The van der Waals surface area contributed by atoms with Gasteiger partial charge in [-0.1, -0.05) is 29.8 Å². The van der Waals surface area contributed by atoms with E-state index in [1.54, 1.807) is 0 Å². The summed E-state index contributed by atoms with van der Waals surface area (Å²) in [5.74, 6) is 0. The van der Waals surface area contributed by atoms with E-state index in [0.717, 1.165) is 18.4 Å². The highest BCUT2D eigenvalue weighted by Crippen LogP contribution is 2.30. The minimum Gasteiger partial charge on any atom is -0.258 e. The lowest BCUT2D eigenvalue weighted by molar-refractivity contribution is -0.385. The monoisotopic (exact) mass is 236 g/mol. The molecule has 16 heavy (non-hydrogen) atoms. The van der Waals surface area contributed by atoms with E-state index in [1.807, 2.05) is 18.2 Å². The molecule has 1 aromatic rings. The fourth-order valence-corrected chi connectivity index (χ4v) is 1.77. The SMILES string of the molecule is O=[N+]([O-])c1cnc(Cl)cc1C1=CCCC=C1. The third-order valence-electron chi connectivity index (χ3n) is 2.35. The molecule has 82 valence electrons. The van der Waals surface area contributed by atoms with Gasteiger partial charge in [0.2, 0.25) is 0 Å². The fraction of sp³-hybridized carbons (Fsp3) is 0.182. The van der Waals surface area contributed by atoms with E-state index in [-0.39, 0.29) is 10.8 Å². The van der Waals surface area contributed by atoms with Crippen LogP contribution in [0.1, 0.15) is 18.4 Å². The summed E-state index contributed by atoms with van der Waals surface area (Å²) in [5.41, 5.74) is 1.35. The number of nitro groups is 1. The van der Waals surface area contributed by atoms with Gasteiger partial charge in [-0.25, -0.2) is 4.98 Å². The van der Waals surface area contributed by atoms with Crippen LogP contribution in [0.25, 0.3) is 5.57 Å². The summed E-state index contributed by atoms with van der Waals surface area (Å²) in [6.45, 7) is 0. The van der Waals surface area contributed by atoms with Crippen molar-refractivity contribution in [3.63, 3.8) is 0 Å². The molecule has 1 aromatic heterocycles. The summed E-state index contributed by atoms with van der Waals surface area (Å²) >= 11 is 5.76. The molecule has 0 aliphatic heterocycles. The molecule has 0 saturated carbocycles. The Balaban J connectivity index is 2.53. The quantitative estimate of drug-likeness (QED) is 0.449. The number of hydrogen-bond acceptors (Lipinski definition) is 3. The maximum Gasteiger partial charge on any atom is 0.295 e. The number of allylic oxidation sites excluding steroid dienone is 4. The van der Waals surface area contributed by atoms with Gasteiger partial charge in [-0.3, -0.25) is 10.1 Å². The van der Waals surface area contributed by atoms with Crippen LogP contribution in [0.3, 0.4) is 0 Å². The molecular formula is C11H9ClN2O2. The van der Waals surface area contributed by atoms with Crippen molar-refractivity contribution in [3.8, 4) is 0 Å². The van der Waals surface area contributed by atoms with Crippen LogP contribution in [0, 0.1) is 10.1 Å². The van der Waals surface area contributed by atoms with Gasteiger partial charge in [0.15, 0.2) is 0 Å². The van der Waals surface area contributed by atoms with Gasteiger partial charge in [0.25, 0.3) is 5.69 Å². The number of pyridine rings is 1. The Bertz CT molecular complexity index is 495. The maximum atomic E-state index is 10.8. The van der Waals surface area contributed by atoms with E-state index in [1.165, 1.54) is 12.3 Å². The van der Waals surface area contributed by atoms with Gasteiger partial charge in [-0.15, -0.1) is 0 Å². The zero-order chi connectivity index (χ0) is 11.5. The highest BCUT2D eigenvalue weighted by molar-refractivity contribution is 6.29. The second-order valence-corrected chi connectivity index (χ2v) is 3.81. The van der Waals surface area contributed by atoms with Crippen LogP contribution in [0.5, 0.6) is 0 Å². The smallest absolute Gasteiger partial charge is 0.258 e. The molecule has 0 radical (unpaired) electrons. The molecule has 0 bridgehead atoms. The molecule has 4 nitrogen and oxygen atoms in total. The van der Waals surface area contributed by atoms with Crippen LogP contribution in [0.4, 0.5) is 5.69 Å². The van der Waals surface area contributed by atoms with Crippen LogP contribution >= 0.6 is 11.6 Å². The van der Waals surface area contributed by atoms with Crippen molar-refractivity contribution in [2.45, 2.75) is 12.8 Å². The number of rotatable bonds is 2. The van der Waals surface area contributed by atoms with Gasteiger partial charge < -0.3 is 0 Å². The molecule has 0 spiro atoms. The molecule has 0 saturated heterocycles. The van der Waals surface area contributed by atoms with E-state index >= 15 is 0 Å². The summed E-state index contributed by atoms with van der Waals surface area (Å²) in [5, 5.41) is 11.1. The highest BCUT2D eigenvalue weighted by atomic mass is 35.5. The van der Waals surface area contributed by atoms with Crippen molar-refractivity contribution in [2.75, 3.05) is 0 Å². The van der Waals surface area contributed by atoms with Crippen molar-refractivity contribution in [1.82, 2.24) is 4.98 Å². The first-order valence-corrected chi connectivity index (χ1v) is 5.23. The lowest BCUT2D eigenvalue weighted by atomic mass is 9.99. The van der Waals surface area contributed by atoms with Gasteiger partial charge in [0, 0.05) is 0 Å². The van der Waals surface area contributed by atoms with Crippen molar-refractivity contribution in [3.05, 3.63) is 51.3 Å². The van der Waals surface area contributed by atoms with Crippen molar-refractivity contribution >= 4 is 22.9 Å². The lowest BCUT2D eigenvalue weighted by Crippen LogP contribution is -1.96. The van der Waals surface area contributed by atoms with Crippen molar-refractivity contribution in [2.24, 2.45) is 0 Å². The Labute approximate surface area is 97.4 Å². The predicted octanol–water partition coefficient (Wildman–Crippen LogP) is 3.38. The molecule has 1 heterocycles. The molecule has 0 fully saturated rings. The van der Waals surface area contributed by atoms with Crippen LogP contribution in [0.2, 0.25) is 5.15 Å². The van der Waals surface area contributed by atoms with Gasteiger partial charge in [-0.2, -0.15) is 0 Å². The fourth-order valence-electron chi connectivity index (χ4n) is 1.61. The Kier molecular flexibility index (Phi) is 3.01. The summed E-state index contributed by atoms with van der Waals surface area (Å²) in [4.78, 5) is 14.1. The zero-order valence-electron chi connectivity index (χ0n) is 8.39. The first-order valence-electron chi connectivity index (χ1n) is 4.85. The minimum absolute atomic E-state index is 0.0119. The third-order valence-corrected chi connectivity index (χ3v) is 2.56. The largest absolute Gasteiger partial charge is 0.295 e. The number of hydrogen-bond donors (Lipinski definition) is 0. The first kappa shape index (κ1) is 10.8. The normalized spacial score (nSPS) is 14.7. The average Bonchev–Trinajstić information content (AvgIpc) is 2.29. The number of aromatic nitrogens is 1. The zero-order valence-corrected chi connectivity index (χ0v) is 9.15. The molecule has 0 N–H and O–H groups in total. The summed E-state index contributed by atoms with van der Waals surface area (Å²) in [7, 11) is 0. The maximum absolute atomic E-state index is 10.8. The van der Waals surface area contributed by atoms with E-state index in [0.29, 0.717) is 5.56 Å². The number of halogens is 1. The van der Waals surface area contributed by atoms with Crippen LogP contribution in [0.15, 0.2) is 30.5 Å². The van der Waals surface area contributed by atoms with Gasteiger partial charge in [-0.05, 0) is 24.5 Å². The van der Waals surface area contributed by atoms with E-state index in [4.69, 9.17) is 11.6 Å². The third kappa shape index (κ3) is 2.12. The Morgan fingerprint density at radius 1 is 1.44 bits per heavy atom. The molecular weight excluding hydrogens is 228 g/mol. The second-order valence-electron chi connectivity index (χ2n) is 3.42. The van der Waals surface area contributed by atoms with E-state index < -0.39 is 4.92 Å². The molecule has 0 unspecified atom stereocenters. The average molecular weight is 237 g/mol. The summed E-state index contributed by atoms with van der Waals surface area (Å²) in [6.07, 6.45) is 8.90. The Hall–Kier alpha value is -1.68. The lowest BCUT2D eigenvalue weighted by Gasteiger charge is -2.07. The Morgan fingerprint density at radius 3 is 2.88 bits per heavy atom. The molecule has 0 aromatic carbocycles. The van der Waals surface area contributed by atoms with Crippen LogP contribution in [-0.2, 0) is 0 Å². The molecule has 1 aliphatic carbocycles. The topological polar surface area (TPSA) is 56.0 Å². The molecule has 5 heteroatoms. The summed E-state index contributed by atoms with van der Waals surface area (Å²) in [6, 6.07) is 1.53. The highest BCUT2D eigenvalue weighted by Gasteiger charge is 2.17. The second kappa shape index (κ2) is 4.45. The van der Waals surface area contributed by atoms with Gasteiger partial charge >= 0.3 is 0 Å². The summed E-state index contributed by atoms with van der Waals surface area (Å²) < 4.78 is 0. The minimum atomic E-state index is -0.443. The molecule has 0 atom stereocenters. The van der Waals surface area contributed by atoms with Gasteiger partial charge in [0.1, 0.15) is 11.3 Å². The van der Waals surface area contributed by atoms with Gasteiger partial charge in [0.05, 0.1) is 10.5 Å². The predicted molar refractivity (Wildman–Crippen MR) is 62.3 cm³/mol. The van der Waals surface area contributed by atoms with E-state index in [9.17, 15) is 10.1 Å². The standard InChI is InChI=1S/C11H9ClN2O2/c12-11-6-9(8-4-2-1-3-5-8)10(7-13-11)14(15)16/h2,4-7H,1,3H2. The van der Waals surface area contributed by atoms with Crippen molar-refractivity contribution < 1.29 is 4.92 Å². The van der Waals surface area contributed by atoms with Crippen LogP contribution < -0.4 is 0 Å². The molecule has 0 amide bonds.